The molecule has 168 valence electrons. The fourth-order valence-electron chi connectivity index (χ4n) is 5.56. The Balaban J connectivity index is 1.34. The maximum atomic E-state index is 12.7. The predicted molar refractivity (Wildman–Crippen MR) is 124 cm³/mol. The summed E-state index contributed by atoms with van der Waals surface area (Å²) < 4.78 is 16.9. The highest BCUT2D eigenvalue weighted by molar-refractivity contribution is 7.89. The minimum absolute atomic E-state index is 0.303. The second-order valence-electron chi connectivity index (χ2n) is 9.20. The molecule has 1 saturated carbocycles. The molecule has 9 heteroatoms. The van der Waals surface area contributed by atoms with Gasteiger partial charge in [-0.1, -0.05) is 13.3 Å². The second kappa shape index (κ2) is 8.85. The normalized spacial score (nSPS) is 26.4. The number of H-pyrrole nitrogens is 1. The summed E-state index contributed by atoms with van der Waals surface area (Å²) >= 11 is -0.881. The zero-order chi connectivity index (χ0) is 22.1. The molecule has 4 heterocycles. The highest BCUT2D eigenvalue weighted by Crippen LogP contribution is 2.50. The lowest BCUT2D eigenvalue weighted by Crippen LogP contribution is -2.36. The number of unbranched alkanes of at least 4 members (excludes halogenated alkanes) is 2. The van der Waals surface area contributed by atoms with Crippen molar-refractivity contribution in [2.24, 2.45) is 11.8 Å². The molecule has 3 aromatic heterocycles. The number of fused-ring (bicyclic) bond motifs is 2. The van der Waals surface area contributed by atoms with Crippen molar-refractivity contribution in [2.45, 2.75) is 51.0 Å². The highest BCUT2D eigenvalue weighted by Gasteiger charge is 2.52. The number of aromatic amines is 1. The fourth-order valence-corrected chi connectivity index (χ4v) is 6.98. The van der Waals surface area contributed by atoms with Crippen LogP contribution in [0, 0.1) is 23.2 Å². The predicted octanol–water partition coefficient (Wildman–Crippen LogP) is 3.63. The van der Waals surface area contributed by atoms with Gasteiger partial charge in [0.05, 0.1) is 29.9 Å². The molecule has 3 aromatic rings. The van der Waals surface area contributed by atoms with Crippen LogP contribution in [0.1, 0.15) is 45.4 Å². The average Bonchev–Trinajstić information content (AvgIpc) is 3.55. The van der Waals surface area contributed by atoms with E-state index in [0.717, 1.165) is 73.2 Å². The molecule has 0 bridgehead atoms. The molecule has 2 fully saturated rings. The van der Waals surface area contributed by atoms with Crippen molar-refractivity contribution in [2.75, 3.05) is 18.8 Å². The van der Waals surface area contributed by atoms with E-state index >= 15 is 0 Å². The second-order valence-corrected chi connectivity index (χ2v) is 10.8. The highest BCUT2D eigenvalue weighted by atomic mass is 32.2. The Morgan fingerprint density at radius 3 is 2.84 bits per heavy atom. The Labute approximate surface area is 191 Å². The molecule has 1 saturated heterocycles. The SMILES string of the molecule is CCCCC[S+]([O-])N1C[C@@H]2C[C@@](CC#N)(n3cc(-c4ncnc5[nH]ccc45)cn3)C[C@@H]2C1. The van der Waals surface area contributed by atoms with Crippen molar-refractivity contribution < 1.29 is 4.55 Å². The molecule has 32 heavy (non-hydrogen) atoms. The zero-order valence-electron chi connectivity index (χ0n) is 18.4. The summed E-state index contributed by atoms with van der Waals surface area (Å²) in [7, 11) is 0. The molecule has 0 radical (unpaired) electrons. The smallest absolute Gasteiger partial charge is 0.141 e. The first-order valence-electron chi connectivity index (χ1n) is 11.5. The standard InChI is InChI=1S/C23H29N7OS/c1-2-3-4-9-32(31)29-13-17-10-23(6-7-24,11-18(17)14-29)30-15-19(12-28-30)21-20-5-8-25-22(20)27-16-26-21/h5,8,12,15-18H,2-4,6,9-11,13-14H2,1H3,(H,25,26,27)/t17-,18+,23+,32?. The Bertz CT molecular complexity index is 1100. The van der Waals surface area contributed by atoms with Gasteiger partial charge < -0.3 is 9.54 Å². The number of nitriles is 1. The lowest BCUT2D eigenvalue weighted by Gasteiger charge is -2.30. The molecule has 8 nitrogen and oxygen atoms in total. The van der Waals surface area contributed by atoms with Crippen LogP contribution in [0.3, 0.4) is 0 Å². The van der Waals surface area contributed by atoms with Crippen LogP contribution in [0.4, 0.5) is 0 Å². The number of hydrogen-bond donors (Lipinski definition) is 1. The zero-order valence-corrected chi connectivity index (χ0v) is 19.2. The quantitative estimate of drug-likeness (QED) is 0.414. The molecule has 1 aliphatic heterocycles. The third-order valence-corrected chi connectivity index (χ3v) is 8.65. The number of hydrogen-bond acceptors (Lipinski definition) is 6. The molecule has 0 aromatic carbocycles. The molecule has 1 aliphatic carbocycles. The first kappa shape index (κ1) is 21.4. The summed E-state index contributed by atoms with van der Waals surface area (Å²) in [5.74, 6) is 1.69. The van der Waals surface area contributed by atoms with E-state index in [0.29, 0.717) is 18.3 Å². The van der Waals surface area contributed by atoms with Gasteiger partial charge in [0.15, 0.2) is 0 Å². The van der Waals surface area contributed by atoms with Crippen molar-refractivity contribution >= 4 is 22.4 Å². The number of rotatable bonds is 8. The Hall–Kier alpha value is -2.41. The topological polar surface area (TPSA) is 109 Å². The third kappa shape index (κ3) is 3.81. The first-order chi connectivity index (χ1) is 15.6. The Morgan fingerprint density at radius 2 is 2.09 bits per heavy atom. The molecular formula is C23H29N7OS. The van der Waals surface area contributed by atoms with Crippen molar-refractivity contribution in [3.05, 3.63) is 31.0 Å². The van der Waals surface area contributed by atoms with Gasteiger partial charge in [0, 0.05) is 47.8 Å². The van der Waals surface area contributed by atoms with Gasteiger partial charge in [-0.05, 0) is 43.6 Å². The van der Waals surface area contributed by atoms with Crippen molar-refractivity contribution in [3.8, 4) is 17.3 Å². The molecular weight excluding hydrogens is 422 g/mol. The molecule has 2 aliphatic rings. The summed E-state index contributed by atoms with van der Waals surface area (Å²) in [5.41, 5.74) is 2.28. The molecule has 0 amide bonds. The molecule has 1 N–H and O–H groups in total. The van der Waals surface area contributed by atoms with Crippen LogP contribution in [0.25, 0.3) is 22.3 Å². The number of aromatic nitrogens is 5. The van der Waals surface area contributed by atoms with Gasteiger partial charge in [0.25, 0.3) is 0 Å². The van der Waals surface area contributed by atoms with E-state index in [2.05, 4.69) is 32.3 Å². The van der Waals surface area contributed by atoms with Gasteiger partial charge in [-0.2, -0.15) is 10.4 Å². The monoisotopic (exact) mass is 451 g/mol. The van der Waals surface area contributed by atoms with Crippen LogP contribution in [0.15, 0.2) is 31.0 Å². The molecule has 0 spiro atoms. The van der Waals surface area contributed by atoms with E-state index in [1.165, 1.54) is 0 Å². The van der Waals surface area contributed by atoms with Crippen molar-refractivity contribution in [1.82, 2.24) is 29.0 Å². The summed E-state index contributed by atoms with van der Waals surface area (Å²) in [6.07, 6.45) is 12.9. The van der Waals surface area contributed by atoms with Gasteiger partial charge in [-0.15, -0.1) is 4.31 Å². The average molecular weight is 452 g/mol. The van der Waals surface area contributed by atoms with Crippen LogP contribution in [-0.2, 0) is 16.9 Å². The third-order valence-electron chi connectivity index (χ3n) is 7.14. The lowest BCUT2D eigenvalue weighted by molar-refractivity contribution is 0.240. The minimum Gasteiger partial charge on any atom is -0.598 e. The first-order valence-corrected chi connectivity index (χ1v) is 12.7. The van der Waals surface area contributed by atoms with E-state index in [9.17, 15) is 9.81 Å². The molecule has 5 rings (SSSR count). The summed E-state index contributed by atoms with van der Waals surface area (Å²) in [6.45, 7) is 3.89. The number of nitrogens with one attached hydrogen (secondary N) is 1. The van der Waals surface area contributed by atoms with Gasteiger partial charge in [0.2, 0.25) is 0 Å². The lowest BCUT2D eigenvalue weighted by atomic mass is 9.92. The van der Waals surface area contributed by atoms with Crippen LogP contribution >= 0.6 is 0 Å². The molecule has 4 atom stereocenters. The van der Waals surface area contributed by atoms with Crippen LogP contribution in [-0.4, -0.2) is 52.4 Å². The maximum Gasteiger partial charge on any atom is 0.141 e. The van der Waals surface area contributed by atoms with Gasteiger partial charge >= 0.3 is 0 Å². The van der Waals surface area contributed by atoms with Crippen LogP contribution < -0.4 is 0 Å². The fraction of sp³-hybridized carbons (Fsp3) is 0.565. The van der Waals surface area contributed by atoms with Crippen LogP contribution in [0.2, 0.25) is 0 Å². The van der Waals surface area contributed by atoms with Crippen molar-refractivity contribution in [1.29, 1.82) is 5.26 Å². The van der Waals surface area contributed by atoms with E-state index in [1.807, 2.05) is 29.3 Å². The van der Waals surface area contributed by atoms with Gasteiger partial charge in [0.1, 0.15) is 17.7 Å². The Kier molecular flexibility index (Phi) is 5.93. The minimum atomic E-state index is -0.881. The molecule has 1 unspecified atom stereocenters. The largest absolute Gasteiger partial charge is 0.598 e. The van der Waals surface area contributed by atoms with Gasteiger partial charge in [-0.25, -0.2) is 9.97 Å². The van der Waals surface area contributed by atoms with Crippen LogP contribution in [0.5, 0.6) is 0 Å². The summed E-state index contributed by atoms with van der Waals surface area (Å²) in [6, 6.07) is 4.39. The summed E-state index contributed by atoms with van der Waals surface area (Å²) in [4.78, 5) is 11.9. The summed E-state index contributed by atoms with van der Waals surface area (Å²) in [5, 5.41) is 15.3. The Morgan fingerprint density at radius 1 is 1.28 bits per heavy atom. The van der Waals surface area contributed by atoms with E-state index in [1.54, 1.807) is 6.33 Å². The van der Waals surface area contributed by atoms with Crippen molar-refractivity contribution in [3.63, 3.8) is 0 Å². The van der Waals surface area contributed by atoms with E-state index < -0.39 is 11.4 Å². The van der Waals surface area contributed by atoms with E-state index in [4.69, 9.17) is 5.10 Å². The van der Waals surface area contributed by atoms with E-state index in [-0.39, 0.29) is 5.54 Å². The number of nitrogens with zero attached hydrogens (tertiary/aromatic N) is 6. The van der Waals surface area contributed by atoms with Gasteiger partial charge in [-0.3, -0.25) is 4.68 Å². The maximum absolute atomic E-state index is 12.7.